The van der Waals surface area contributed by atoms with Crippen LogP contribution in [0.15, 0.2) is 22.8 Å². The van der Waals surface area contributed by atoms with Gasteiger partial charge in [-0.2, -0.15) is 0 Å². The minimum Gasteiger partial charge on any atom is -0.459 e. The molecule has 0 spiro atoms. The van der Waals surface area contributed by atoms with Crippen molar-refractivity contribution < 1.29 is 19.1 Å². The molecule has 0 radical (unpaired) electrons. The van der Waals surface area contributed by atoms with Crippen molar-refractivity contribution in [2.45, 2.75) is 38.6 Å². The predicted molar refractivity (Wildman–Crippen MR) is 74.2 cm³/mol. The lowest BCUT2D eigenvalue weighted by molar-refractivity contribution is -0.122. The van der Waals surface area contributed by atoms with Gasteiger partial charge in [0.1, 0.15) is 6.04 Å². The summed E-state index contributed by atoms with van der Waals surface area (Å²) in [6.07, 6.45) is 4.99. The lowest BCUT2D eigenvalue weighted by Gasteiger charge is -2.13. The Kier molecular flexibility index (Phi) is 7.42. The second-order valence-electron chi connectivity index (χ2n) is 4.60. The third-order valence-corrected chi connectivity index (χ3v) is 2.87. The summed E-state index contributed by atoms with van der Waals surface area (Å²) in [6.45, 7) is 2.41. The first-order valence-corrected chi connectivity index (χ1v) is 6.88. The molecule has 0 fully saturated rings. The van der Waals surface area contributed by atoms with Crippen LogP contribution < -0.4 is 10.6 Å². The average Bonchev–Trinajstić information content (AvgIpc) is 2.96. The first kappa shape index (κ1) is 16.2. The molecule has 0 saturated heterocycles. The Hall–Kier alpha value is -1.82. The number of furan rings is 1. The van der Waals surface area contributed by atoms with Gasteiger partial charge in [0.05, 0.1) is 6.26 Å². The highest BCUT2D eigenvalue weighted by Crippen LogP contribution is 2.00. The van der Waals surface area contributed by atoms with Crippen LogP contribution in [0.3, 0.4) is 0 Å². The zero-order chi connectivity index (χ0) is 14.8. The van der Waals surface area contributed by atoms with E-state index in [1.54, 1.807) is 19.1 Å². The van der Waals surface area contributed by atoms with Crippen molar-refractivity contribution in [3.63, 3.8) is 0 Å². The van der Waals surface area contributed by atoms with Gasteiger partial charge >= 0.3 is 0 Å². The number of carbonyl (C=O) groups is 2. The van der Waals surface area contributed by atoms with Crippen LogP contribution in [0.4, 0.5) is 0 Å². The van der Waals surface area contributed by atoms with Crippen LogP contribution in [0.1, 0.15) is 43.2 Å². The molecule has 0 bridgehead atoms. The Morgan fingerprint density at radius 2 is 2.05 bits per heavy atom. The maximum atomic E-state index is 11.7. The zero-order valence-corrected chi connectivity index (χ0v) is 11.7. The molecule has 1 aromatic rings. The summed E-state index contributed by atoms with van der Waals surface area (Å²) in [4.78, 5) is 23.4. The molecule has 0 saturated carbocycles. The highest BCUT2D eigenvalue weighted by Gasteiger charge is 2.17. The molecule has 2 amide bonds. The molecule has 6 heteroatoms. The minimum absolute atomic E-state index is 0.189. The Labute approximate surface area is 118 Å². The molecule has 1 unspecified atom stereocenters. The van der Waals surface area contributed by atoms with E-state index in [0.29, 0.717) is 6.54 Å². The van der Waals surface area contributed by atoms with Gasteiger partial charge in [0, 0.05) is 13.2 Å². The highest BCUT2D eigenvalue weighted by molar-refractivity contribution is 5.95. The first-order chi connectivity index (χ1) is 9.65. The molecular weight excluding hydrogens is 260 g/mol. The number of rotatable bonds is 9. The van der Waals surface area contributed by atoms with Crippen molar-refractivity contribution in [1.82, 2.24) is 10.6 Å². The Morgan fingerprint density at radius 3 is 2.70 bits per heavy atom. The van der Waals surface area contributed by atoms with E-state index in [-0.39, 0.29) is 18.3 Å². The quantitative estimate of drug-likeness (QED) is 0.591. The highest BCUT2D eigenvalue weighted by atomic mass is 16.3. The molecule has 3 N–H and O–H groups in total. The summed E-state index contributed by atoms with van der Waals surface area (Å²) in [5, 5.41) is 14.0. The van der Waals surface area contributed by atoms with Crippen LogP contribution in [-0.2, 0) is 4.79 Å². The summed E-state index contributed by atoms with van der Waals surface area (Å²) in [5.41, 5.74) is 0. The normalized spacial score (nSPS) is 11.9. The summed E-state index contributed by atoms with van der Waals surface area (Å²) in [6, 6.07) is 2.55. The maximum Gasteiger partial charge on any atom is 0.287 e. The monoisotopic (exact) mass is 282 g/mol. The molecule has 0 aliphatic heterocycles. The molecule has 20 heavy (non-hydrogen) atoms. The van der Waals surface area contributed by atoms with Gasteiger partial charge in [-0.05, 0) is 31.9 Å². The predicted octanol–water partition coefficient (Wildman–Crippen LogP) is 1.07. The van der Waals surface area contributed by atoms with Crippen LogP contribution in [-0.4, -0.2) is 36.1 Å². The van der Waals surface area contributed by atoms with E-state index in [9.17, 15) is 9.59 Å². The summed E-state index contributed by atoms with van der Waals surface area (Å²) in [7, 11) is 0. The number of hydrogen-bond donors (Lipinski definition) is 3. The van der Waals surface area contributed by atoms with Gasteiger partial charge < -0.3 is 20.2 Å². The number of nitrogens with one attached hydrogen (secondary N) is 2. The molecule has 0 aliphatic carbocycles. The SMILES string of the molecule is CC(NC(=O)c1ccco1)C(=O)NCCCCCCO. The average molecular weight is 282 g/mol. The van der Waals surface area contributed by atoms with E-state index in [1.807, 2.05) is 0 Å². The van der Waals surface area contributed by atoms with Gasteiger partial charge in [0.2, 0.25) is 5.91 Å². The zero-order valence-electron chi connectivity index (χ0n) is 11.7. The van der Waals surface area contributed by atoms with Crippen LogP contribution in [0.25, 0.3) is 0 Å². The van der Waals surface area contributed by atoms with Crippen molar-refractivity contribution in [3.05, 3.63) is 24.2 Å². The Morgan fingerprint density at radius 1 is 1.30 bits per heavy atom. The van der Waals surface area contributed by atoms with Gasteiger partial charge in [0.15, 0.2) is 5.76 Å². The van der Waals surface area contributed by atoms with E-state index in [1.165, 1.54) is 6.26 Å². The number of carbonyl (C=O) groups excluding carboxylic acids is 2. The second-order valence-corrected chi connectivity index (χ2v) is 4.60. The minimum atomic E-state index is -0.606. The number of unbranched alkanes of at least 4 members (excludes halogenated alkanes) is 3. The molecule has 112 valence electrons. The van der Waals surface area contributed by atoms with E-state index in [0.717, 1.165) is 25.7 Å². The number of aliphatic hydroxyl groups excluding tert-OH is 1. The molecule has 6 nitrogen and oxygen atoms in total. The first-order valence-electron chi connectivity index (χ1n) is 6.88. The summed E-state index contributed by atoms with van der Waals surface area (Å²) >= 11 is 0. The van der Waals surface area contributed by atoms with E-state index < -0.39 is 11.9 Å². The maximum absolute atomic E-state index is 11.7. The standard InChI is InChI=1S/C14H22N2O4/c1-11(16-14(19)12-7-6-10-20-12)13(18)15-8-4-2-3-5-9-17/h6-7,10-11,17H,2-5,8-9H2,1H3,(H,15,18)(H,16,19). The van der Waals surface area contributed by atoms with Gasteiger partial charge in [-0.15, -0.1) is 0 Å². The fourth-order valence-corrected chi connectivity index (χ4v) is 1.70. The summed E-state index contributed by atoms with van der Waals surface area (Å²) < 4.78 is 4.95. The van der Waals surface area contributed by atoms with E-state index >= 15 is 0 Å². The topological polar surface area (TPSA) is 91.6 Å². The lowest BCUT2D eigenvalue weighted by Crippen LogP contribution is -2.44. The van der Waals surface area contributed by atoms with E-state index in [4.69, 9.17) is 9.52 Å². The Balaban J connectivity index is 2.17. The molecule has 1 rings (SSSR count). The largest absolute Gasteiger partial charge is 0.459 e. The Bertz CT molecular complexity index is 403. The molecular formula is C14H22N2O4. The van der Waals surface area contributed by atoms with Gasteiger partial charge in [-0.1, -0.05) is 12.8 Å². The van der Waals surface area contributed by atoms with E-state index in [2.05, 4.69) is 10.6 Å². The lowest BCUT2D eigenvalue weighted by atomic mass is 10.2. The van der Waals surface area contributed by atoms with Gasteiger partial charge in [-0.3, -0.25) is 9.59 Å². The fourth-order valence-electron chi connectivity index (χ4n) is 1.70. The van der Waals surface area contributed by atoms with Crippen LogP contribution in [0, 0.1) is 0 Å². The number of hydrogen-bond acceptors (Lipinski definition) is 4. The van der Waals surface area contributed by atoms with Gasteiger partial charge in [-0.25, -0.2) is 0 Å². The molecule has 1 heterocycles. The van der Waals surface area contributed by atoms with Crippen molar-refractivity contribution in [2.24, 2.45) is 0 Å². The van der Waals surface area contributed by atoms with Crippen LogP contribution in [0.2, 0.25) is 0 Å². The molecule has 0 aliphatic rings. The van der Waals surface area contributed by atoms with Crippen molar-refractivity contribution in [1.29, 1.82) is 0 Å². The third-order valence-electron chi connectivity index (χ3n) is 2.87. The summed E-state index contributed by atoms with van der Waals surface area (Å²) in [5.74, 6) is -0.429. The molecule has 1 aromatic heterocycles. The van der Waals surface area contributed by atoms with Crippen LogP contribution in [0.5, 0.6) is 0 Å². The van der Waals surface area contributed by atoms with Crippen molar-refractivity contribution in [2.75, 3.05) is 13.2 Å². The van der Waals surface area contributed by atoms with Crippen LogP contribution >= 0.6 is 0 Å². The van der Waals surface area contributed by atoms with Crippen molar-refractivity contribution in [3.8, 4) is 0 Å². The number of amides is 2. The van der Waals surface area contributed by atoms with Gasteiger partial charge in [0.25, 0.3) is 5.91 Å². The molecule has 0 aromatic carbocycles. The smallest absolute Gasteiger partial charge is 0.287 e. The second kappa shape index (κ2) is 9.14. The number of aliphatic hydroxyl groups is 1. The third kappa shape index (κ3) is 5.88. The molecule has 1 atom stereocenters. The van der Waals surface area contributed by atoms with Crippen molar-refractivity contribution >= 4 is 11.8 Å². The fraction of sp³-hybridized carbons (Fsp3) is 0.571.